The number of anilines is 1. The van der Waals surface area contributed by atoms with Gasteiger partial charge in [-0.2, -0.15) is 5.10 Å². The lowest BCUT2D eigenvalue weighted by molar-refractivity contribution is -0.0570. The molecule has 0 N–H and O–H groups in total. The first-order valence-corrected chi connectivity index (χ1v) is 10.9. The van der Waals surface area contributed by atoms with Crippen LogP contribution >= 0.6 is 0 Å². The number of hydrogen-bond donors (Lipinski definition) is 0. The highest BCUT2D eigenvalue weighted by molar-refractivity contribution is 5.82. The van der Waals surface area contributed by atoms with E-state index in [1.807, 2.05) is 19.3 Å². The van der Waals surface area contributed by atoms with E-state index in [-0.39, 0.29) is 18.8 Å². The summed E-state index contributed by atoms with van der Waals surface area (Å²) in [4.78, 5) is 18.5. The van der Waals surface area contributed by atoms with E-state index in [9.17, 15) is 8.78 Å². The van der Waals surface area contributed by atoms with E-state index in [1.54, 1.807) is 23.3 Å². The summed E-state index contributed by atoms with van der Waals surface area (Å²) in [6.45, 7) is 4.02. The molecule has 5 rings (SSSR count). The lowest BCUT2D eigenvalue weighted by atomic mass is 9.86. The Morgan fingerprint density at radius 3 is 2.68 bits per heavy atom. The summed E-state index contributed by atoms with van der Waals surface area (Å²) >= 11 is 0. The normalized spacial score (nSPS) is 22.2. The fraction of sp³-hybridized carbons (Fsp3) is 0.545. The van der Waals surface area contributed by atoms with Crippen LogP contribution in [0.1, 0.15) is 25.7 Å². The van der Waals surface area contributed by atoms with Crippen molar-refractivity contribution in [1.29, 1.82) is 0 Å². The van der Waals surface area contributed by atoms with Gasteiger partial charge in [0.1, 0.15) is 11.2 Å². The second kappa shape index (κ2) is 8.11. The van der Waals surface area contributed by atoms with Crippen molar-refractivity contribution in [3.05, 3.63) is 30.9 Å². The van der Waals surface area contributed by atoms with Crippen LogP contribution in [-0.2, 0) is 7.05 Å². The van der Waals surface area contributed by atoms with Gasteiger partial charge in [-0.1, -0.05) is 0 Å². The maximum absolute atomic E-state index is 13.8. The fourth-order valence-corrected chi connectivity index (χ4v) is 4.79. The summed E-state index contributed by atoms with van der Waals surface area (Å²) in [6.07, 6.45) is 8.81. The Labute approximate surface area is 180 Å². The molecule has 3 aromatic rings. The summed E-state index contributed by atoms with van der Waals surface area (Å²) in [5.41, 5.74) is 3.28. The second-order valence-corrected chi connectivity index (χ2v) is 8.77. The maximum Gasteiger partial charge on any atom is 0.248 e. The first-order chi connectivity index (χ1) is 15.0. The SMILES string of the molecule is Cn1cc(-c2nc3cnccc3nc2N2CCN(CC3CCCC(F)(F)C3)CC2)cn1. The van der Waals surface area contributed by atoms with Gasteiger partial charge in [-0.05, 0) is 24.8 Å². The number of piperazine rings is 1. The predicted molar refractivity (Wildman–Crippen MR) is 115 cm³/mol. The van der Waals surface area contributed by atoms with Gasteiger partial charge in [-0.25, -0.2) is 18.7 Å². The largest absolute Gasteiger partial charge is 0.352 e. The van der Waals surface area contributed by atoms with Crippen molar-refractivity contribution in [3.8, 4) is 11.3 Å². The molecule has 1 atom stereocenters. The molecule has 4 heterocycles. The summed E-state index contributed by atoms with van der Waals surface area (Å²) in [5.74, 6) is -1.55. The zero-order valence-electron chi connectivity index (χ0n) is 17.7. The molecule has 0 aromatic carbocycles. The minimum Gasteiger partial charge on any atom is -0.352 e. The van der Waals surface area contributed by atoms with Crippen LogP contribution in [0.5, 0.6) is 0 Å². The first-order valence-electron chi connectivity index (χ1n) is 10.9. The Hall–Kier alpha value is -2.68. The van der Waals surface area contributed by atoms with Crippen molar-refractivity contribution in [2.45, 2.75) is 31.6 Å². The molecule has 31 heavy (non-hydrogen) atoms. The Balaban J connectivity index is 1.34. The maximum atomic E-state index is 13.8. The van der Waals surface area contributed by atoms with Crippen LogP contribution < -0.4 is 4.90 Å². The van der Waals surface area contributed by atoms with Gasteiger partial charge in [0.25, 0.3) is 0 Å². The number of hydrogen-bond acceptors (Lipinski definition) is 6. The molecular formula is C22H27F2N7. The summed E-state index contributed by atoms with van der Waals surface area (Å²) in [7, 11) is 1.88. The van der Waals surface area contributed by atoms with Crippen LogP contribution in [0, 0.1) is 5.92 Å². The summed E-state index contributed by atoms with van der Waals surface area (Å²) in [5, 5.41) is 4.29. The molecule has 2 aliphatic rings. The molecule has 0 bridgehead atoms. The van der Waals surface area contributed by atoms with E-state index >= 15 is 0 Å². The van der Waals surface area contributed by atoms with E-state index in [0.717, 1.165) is 67.3 Å². The number of pyridine rings is 1. The highest BCUT2D eigenvalue weighted by atomic mass is 19.3. The number of nitrogens with zero attached hydrogens (tertiary/aromatic N) is 7. The molecule has 9 heteroatoms. The predicted octanol–water partition coefficient (Wildman–Crippen LogP) is 3.37. The number of halogens is 2. The molecule has 1 aliphatic carbocycles. The van der Waals surface area contributed by atoms with Crippen LogP contribution in [0.2, 0.25) is 0 Å². The molecule has 2 fully saturated rings. The Morgan fingerprint density at radius 2 is 1.94 bits per heavy atom. The van der Waals surface area contributed by atoms with Gasteiger partial charge in [-0.3, -0.25) is 14.6 Å². The number of alkyl halides is 2. The third-order valence-corrected chi connectivity index (χ3v) is 6.36. The zero-order valence-corrected chi connectivity index (χ0v) is 17.7. The quantitative estimate of drug-likeness (QED) is 0.636. The third-order valence-electron chi connectivity index (χ3n) is 6.36. The Morgan fingerprint density at radius 1 is 1.10 bits per heavy atom. The number of aryl methyl sites for hydroxylation is 1. The topological polar surface area (TPSA) is 63.0 Å². The van der Waals surface area contributed by atoms with Gasteiger partial charge in [0, 0.05) is 70.6 Å². The average Bonchev–Trinajstić information content (AvgIpc) is 3.19. The van der Waals surface area contributed by atoms with Crippen molar-refractivity contribution in [1.82, 2.24) is 29.6 Å². The monoisotopic (exact) mass is 427 g/mol. The molecule has 7 nitrogen and oxygen atoms in total. The van der Waals surface area contributed by atoms with Crippen molar-refractivity contribution in [2.24, 2.45) is 13.0 Å². The van der Waals surface area contributed by atoms with Crippen molar-refractivity contribution < 1.29 is 8.78 Å². The highest BCUT2D eigenvalue weighted by Gasteiger charge is 2.37. The lowest BCUT2D eigenvalue weighted by Gasteiger charge is -2.39. The number of aromatic nitrogens is 5. The van der Waals surface area contributed by atoms with Crippen LogP contribution in [0.3, 0.4) is 0 Å². The molecular weight excluding hydrogens is 400 g/mol. The van der Waals surface area contributed by atoms with Crippen molar-refractivity contribution in [2.75, 3.05) is 37.6 Å². The van der Waals surface area contributed by atoms with E-state index < -0.39 is 5.92 Å². The Kier molecular flexibility index (Phi) is 5.29. The van der Waals surface area contributed by atoms with Crippen LogP contribution in [0.15, 0.2) is 30.9 Å². The molecule has 0 spiro atoms. The van der Waals surface area contributed by atoms with Crippen LogP contribution in [0.4, 0.5) is 14.6 Å². The standard InChI is InChI=1S/C22H27F2N7/c1-29-15-17(12-26-29)20-21(28-18-4-6-25-13-19(18)27-20)31-9-7-30(8-10-31)14-16-3-2-5-22(23,24)11-16/h4,6,12-13,15-16H,2-3,5,7-11,14H2,1H3. The second-order valence-electron chi connectivity index (χ2n) is 8.77. The minimum atomic E-state index is -2.49. The average molecular weight is 428 g/mol. The minimum absolute atomic E-state index is 0.0303. The molecule has 0 amide bonds. The Bertz CT molecular complexity index is 1060. The molecule has 164 valence electrons. The van der Waals surface area contributed by atoms with E-state index in [4.69, 9.17) is 9.97 Å². The number of fused-ring (bicyclic) bond motifs is 1. The van der Waals surface area contributed by atoms with E-state index in [1.165, 1.54) is 0 Å². The third kappa shape index (κ3) is 4.37. The van der Waals surface area contributed by atoms with Gasteiger partial charge in [0.2, 0.25) is 5.92 Å². The summed E-state index contributed by atoms with van der Waals surface area (Å²) < 4.78 is 29.3. The van der Waals surface area contributed by atoms with Gasteiger partial charge < -0.3 is 4.90 Å². The molecule has 1 aliphatic heterocycles. The first kappa shape index (κ1) is 20.2. The number of rotatable bonds is 4. The van der Waals surface area contributed by atoms with Crippen LogP contribution in [-0.4, -0.2) is 68.3 Å². The van der Waals surface area contributed by atoms with Crippen molar-refractivity contribution in [3.63, 3.8) is 0 Å². The molecule has 1 unspecified atom stereocenters. The van der Waals surface area contributed by atoms with Gasteiger partial charge in [-0.15, -0.1) is 0 Å². The summed E-state index contributed by atoms with van der Waals surface area (Å²) in [6, 6.07) is 1.87. The van der Waals surface area contributed by atoms with Crippen LogP contribution in [0.25, 0.3) is 22.3 Å². The fourth-order valence-electron chi connectivity index (χ4n) is 4.79. The molecule has 1 saturated carbocycles. The van der Waals surface area contributed by atoms with Gasteiger partial charge >= 0.3 is 0 Å². The lowest BCUT2D eigenvalue weighted by Crippen LogP contribution is -2.49. The molecule has 0 radical (unpaired) electrons. The van der Waals surface area contributed by atoms with Crippen molar-refractivity contribution >= 4 is 16.9 Å². The van der Waals surface area contributed by atoms with E-state index in [0.29, 0.717) is 6.42 Å². The van der Waals surface area contributed by atoms with Gasteiger partial charge in [0.05, 0.1) is 17.9 Å². The molecule has 3 aromatic heterocycles. The highest BCUT2D eigenvalue weighted by Crippen LogP contribution is 2.37. The zero-order chi connectivity index (χ0) is 21.4. The van der Waals surface area contributed by atoms with Gasteiger partial charge in [0.15, 0.2) is 5.82 Å². The van der Waals surface area contributed by atoms with E-state index in [2.05, 4.69) is 19.9 Å². The smallest absolute Gasteiger partial charge is 0.248 e. The molecule has 1 saturated heterocycles.